The fourth-order valence-electron chi connectivity index (χ4n) is 6.64. The number of allylic oxidation sites excluding steroid dienone is 2. The van der Waals surface area contributed by atoms with Gasteiger partial charge in [0, 0.05) is 22.3 Å². The van der Waals surface area contributed by atoms with E-state index in [2.05, 4.69) is 89.7 Å². The van der Waals surface area contributed by atoms with E-state index in [0.29, 0.717) is 0 Å². The second kappa shape index (κ2) is 23.4. The average Bonchev–Trinajstić information content (AvgIpc) is 3.30. The molecule has 0 spiro atoms. The molecule has 0 N–H and O–H groups in total. The van der Waals surface area contributed by atoms with Gasteiger partial charge in [-0.1, -0.05) is 105 Å². The zero-order chi connectivity index (χ0) is 33.7. The first-order valence-electron chi connectivity index (χ1n) is 18.8. The monoisotopic (exact) mass is 670 g/mol. The van der Waals surface area contributed by atoms with Gasteiger partial charge >= 0.3 is 26.2 Å². The molecule has 0 fully saturated rings. The SMILES string of the molecule is CCCCCCCCC1=C(c2cc(CCCC)cc(CCCC)c2)[N+](=[N-])C(c2cc(CCCC)cc(CCCC)c2)=C1C.[CH3][Ni][CH3]. The molecule has 0 aromatic heterocycles. The molecule has 0 saturated heterocycles. The third-order valence-corrected chi connectivity index (χ3v) is 9.23. The van der Waals surface area contributed by atoms with Gasteiger partial charge in [-0.05, 0) is 118 Å². The van der Waals surface area contributed by atoms with Crippen molar-refractivity contribution in [1.29, 1.82) is 0 Å². The van der Waals surface area contributed by atoms with Gasteiger partial charge in [-0.15, -0.1) is 0 Å². The van der Waals surface area contributed by atoms with Crippen molar-refractivity contribution in [1.82, 2.24) is 0 Å². The van der Waals surface area contributed by atoms with Crippen LogP contribution in [-0.2, 0) is 40.1 Å². The first-order valence-corrected chi connectivity index (χ1v) is 20.8. The Morgan fingerprint density at radius 3 is 1.22 bits per heavy atom. The predicted octanol–water partition coefficient (Wildman–Crippen LogP) is 14.2. The van der Waals surface area contributed by atoms with Gasteiger partial charge in [0.15, 0.2) is 0 Å². The molecule has 3 rings (SSSR count). The van der Waals surface area contributed by atoms with Crippen LogP contribution < -0.4 is 0 Å². The molecule has 0 aliphatic carbocycles. The Morgan fingerprint density at radius 2 is 0.826 bits per heavy atom. The molecule has 0 bridgehead atoms. The Morgan fingerprint density at radius 1 is 0.478 bits per heavy atom. The van der Waals surface area contributed by atoms with Crippen molar-refractivity contribution < 1.29 is 19.1 Å². The van der Waals surface area contributed by atoms with E-state index in [0.717, 1.165) is 43.5 Å². The zero-order valence-electron chi connectivity index (χ0n) is 31.1. The summed E-state index contributed by atoms with van der Waals surface area (Å²) in [5.74, 6) is 4.12. The van der Waals surface area contributed by atoms with Gasteiger partial charge in [-0.3, -0.25) is 0 Å². The maximum absolute atomic E-state index is 12.2. The summed E-state index contributed by atoms with van der Waals surface area (Å²) in [4.78, 5) is 0. The molecule has 2 aromatic rings. The zero-order valence-corrected chi connectivity index (χ0v) is 32.1. The second-order valence-corrected chi connectivity index (χ2v) is 14.4. The summed E-state index contributed by atoms with van der Waals surface area (Å²) >= 11 is 1.62. The number of nitrogens with zero attached hydrogens (tertiary/aromatic N) is 2. The Labute approximate surface area is 291 Å². The summed E-state index contributed by atoms with van der Waals surface area (Å²) in [7, 11) is 0. The van der Waals surface area contributed by atoms with Crippen LogP contribution in [0, 0.1) is 0 Å². The minimum absolute atomic E-state index is 1.00. The predicted molar refractivity (Wildman–Crippen MR) is 200 cm³/mol. The van der Waals surface area contributed by atoms with E-state index >= 15 is 0 Å². The molecule has 0 radical (unpaired) electrons. The Bertz CT molecular complexity index is 1200. The summed E-state index contributed by atoms with van der Waals surface area (Å²) in [6.07, 6.45) is 22.8. The molecule has 1 heterocycles. The van der Waals surface area contributed by atoms with Gasteiger partial charge in [-0.2, -0.15) is 0 Å². The van der Waals surface area contributed by atoms with Crippen LogP contribution in [0.25, 0.3) is 16.9 Å². The van der Waals surface area contributed by atoms with E-state index in [4.69, 9.17) is 0 Å². The van der Waals surface area contributed by atoms with Crippen molar-refractivity contribution in [2.24, 2.45) is 0 Å². The van der Waals surface area contributed by atoms with Gasteiger partial charge in [0.05, 0.1) is 0 Å². The number of unbranched alkanes of at least 4 members (excludes halogenated alkanes) is 9. The van der Waals surface area contributed by atoms with E-state index in [1.54, 1.807) is 19.1 Å². The van der Waals surface area contributed by atoms with E-state index in [1.165, 1.54) is 134 Å². The maximum atomic E-state index is 12.2. The summed E-state index contributed by atoms with van der Waals surface area (Å²) < 4.78 is 1.59. The molecule has 260 valence electrons. The van der Waals surface area contributed by atoms with E-state index in [-0.39, 0.29) is 0 Å². The number of aryl methyl sites for hydroxylation is 4. The Kier molecular flexibility index (Phi) is 20.4. The number of hydrogen-bond donors (Lipinski definition) is 0. The van der Waals surface area contributed by atoms with Crippen molar-refractivity contribution in [3.8, 4) is 0 Å². The van der Waals surface area contributed by atoms with Crippen LogP contribution in [-0.4, -0.2) is 4.70 Å². The summed E-state index contributed by atoms with van der Waals surface area (Å²) in [6.45, 7) is 13.7. The van der Waals surface area contributed by atoms with E-state index in [9.17, 15) is 5.53 Å². The van der Waals surface area contributed by atoms with Gasteiger partial charge in [0.1, 0.15) is 0 Å². The fourth-order valence-corrected chi connectivity index (χ4v) is 6.64. The molecule has 0 atom stereocenters. The molecular weight excluding hydrogens is 603 g/mol. The number of benzene rings is 2. The van der Waals surface area contributed by atoms with Crippen LogP contribution in [0.1, 0.15) is 171 Å². The second-order valence-electron chi connectivity index (χ2n) is 13.4. The van der Waals surface area contributed by atoms with Gasteiger partial charge in [-0.25, -0.2) is 4.70 Å². The van der Waals surface area contributed by atoms with Crippen molar-refractivity contribution in [3.63, 3.8) is 0 Å². The first kappa shape index (κ1) is 40.2. The van der Waals surface area contributed by atoms with Crippen molar-refractivity contribution in [2.45, 2.75) is 175 Å². The van der Waals surface area contributed by atoms with Crippen LogP contribution in [0.2, 0.25) is 11.8 Å². The molecule has 2 aromatic carbocycles. The normalized spacial score (nSPS) is 13.2. The molecule has 1 aliphatic rings. The van der Waals surface area contributed by atoms with E-state index in [1.807, 2.05) is 0 Å². The standard InChI is InChI=1S/C41H62N2.2CH3.Ni/c1-7-12-17-18-19-20-25-39-32(6)40(37-28-33(21-13-8-2)26-34(29-37)22-14-9-3)43(42)41(39)38-30-35(23-15-10-4)27-36(31-38)24-16-11-5;;;/h26-31H,7-25H2,1-6H3;2*1H3;. The fraction of sp³-hybridized carbons (Fsp3) is 0.628. The van der Waals surface area contributed by atoms with Crippen molar-refractivity contribution in [3.05, 3.63) is 86.5 Å². The average molecular weight is 672 g/mol. The van der Waals surface area contributed by atoms with Crippen LogP contribution in [0.3, 0.4) is 0 Å². The van der Waals surface area contributed by atoms with Gasteiger partial charge in [0.2, 0.25) is 11.4 Å². The molecule has 1 aliphatic heterocycles. The summed E-state index contributed by atoms with van der Waals surface area (Å²) in [5, 5.41) is 0. The molecule has 3 heteroatoms. The van der Waals surface area contributed by atoms with E-state index < -0.39 is 0 Å². The number of rotatable bonds is 21. The topological polar surface area (TPSA) is 25.3 Å². The molecular formula is C43H68N2Ni. The minimum atomic E-state index is 1.00. The van der Waals surface area contributed by atoms with Crippen LogP contribution in [0.5, 0.6) is 0 Å². The van der Waals surface area contributed by atoms with Gasteiger partial charge < -0.3 is 5.53 Å². The quantitative estimate of drug-likeness (QED) is 0.0717. The third-order valence-electron chi connectivity index (χ3n) is 9.23. The van der Waals surface area contributed by atoms with Crippen molar-refractivity contribution >= 4 is 11.4 Å². The van der Waals surface area contributed by atoms with Crippen LogP contribution >= 0.6 is 0 Å². The molecule has 2 nitrogen and oxygen atoms in total. The third kappa shape index (κ3) is 12.9. The van der Waals surface area contributed by atoms with Crippen molar-refractivity contribution in [2.75, 3.05) is 0 Å². The molecule has 0 saturated carbocycles. The molecule has 0 unspecified atom stereocenters. The molecule has 0 amide bonds. The Balaban J connectivity index is 0.00000236. The Hall–Kier alpha value is -1.99. The summed E-state index contributed by atoms with van der Waals surface area (Å²) in [6, 6.07) is 14.3. The summed E-state index contributed by atoms with van der Waals surface area (Å²) in [5.41, 5.74) is 24.8. The van der Waals surface area contributed by atoms with Crippen LogP contribution in [0.15, 0.2) is 47.5 Å². The van der Waals surface area contributed by atoms with Crippen LogP contribution in [0.4, 0.5) is 0 Å². The number of hydrogen-bond acceptors (Lipinski definition) is 0. The van der Waals surface area contributed by atoms with Gasteiger partial charge in [0.25, 0.3) is 0 Å². The first-order chi connectivity index (χ1) is 22.4. The molecule has 46 heavy (non-hydrogen) atoms.